The molecule has 1 aromatic carbocycles. The number of nitrogens with one attached hydrogen (secondary N) is 1. The van der Waals surface area contributed by atoms with E-state index in [1.807, 2.05) is 19.2 Å². The van der Waals surface area contributed by atoms with E-state index in [-0.39, 0.29) is 10.9 Å². The number of carbonyl (C=O) groups excluding carboxylic acids is 1. The lowest BCUT2D eigenvalue weighted by Gasteiger charge is -2.05. The van der Waals surface area contributed by atoms with Gasteiger partial charge in [0, 0.05) is 15.9 Å². The van der Waals surface area contributed by atoms with Crippen LogP contribution in [0.15, 0.2) is 23.6 Å². The number of benzene rings is 1. The molecule has 2 rings (SSSR count). The highest BCUT2D eigenvalue weighted by Crippen LogP contribution is 2.23. The molecule has 1 amide bonds. The highest BCUT2D eigenvalue weighted by molar-refractivity contribution is 7.10. The van der Waals surface area contributed by atoms with Crippen molar-refractivity contribution in [3.63, 3.8) is 0 Å². The van der Waals surface area contributed by atoms with Crippen molar-refractivity contribution < 1.29 is 9.18 Å². The van der Waals surface area contributed by atoms with E-state index in [0.29, 0.717) is 11.3 Å². The number of hydrogen-bond acceptors (Lipinski definition) is 2. The number of rotatable bonds is 2. The summed E-state index contributed by atoms with van der Waals surface area (Å²) < 4.78 is 13.0. The average Bonchev–Trinajstić information content (AvgIpc) is 2.65. The zero-order chi connectivity index (χ0) is 13.3. The van der Waals surface area contributed by atoms with Crippen molar-refractivity contribution in [2.45, 2.75) is 13.8 Å². The number of aryl methyl sites for hydroxylation is 1. The van der Waals surface area contributed by atoms with Gasteiger partial charge in [0.1, 0.15) is 5.82 Å². The van der Waals surface area contributed by atoms with Gasteiger partial charge in [-0.15, -0.1) is 11.3 Å². The summed E-state index contributed by atoms with van der Waals surface area (Å²) in [7, 11) is 0. The van der Waals surface area contributed by atoms with Crippen LogP contribution in [0.3, 0.4) is 0 Å². The first-order chi connectivity index (χ1) is 8.49. The summed E-state index contributed by atoms with van der Waals surface area (Å²) in [6.07, 6.45) is 0. The predicted molar refractivity (Wildman–Crippen MR) is 73.2 cm³/mol. The Labute approximate surface area is 113 Å². The first-order valence-electron chi connectivity index (χ1n) is 5.30. The molecule has 0 aliphatic heterocycles. The average molecular weight is 284 g/mol. The van der Waals surface area contributed by atoms with Crippen LogP contribution in [-0.4, -0.2) is 5.91 Å². The molecule has 0 unspecified atom stereocenters. The molecule has 0 spiro atoms. The second-order valence-electron chi connectivity index (χ2n) is 3.91. The van der Waals surface area contributed by atoms with Gasteiger partial charge >= 0.3 is 0 Å². The van der Waals surface area contributed by atoms with Crippen molar-refractivity contribution >= 4 is 34.5 Å². The van der Waals surface area contributed by atoms with Crippen LogP contribution in [0.2, 0.25) is 5.02 Å². The quantitative estimate of drug-likeness (QED) is 0.869. The number of amides is 1. The molecular weight excluding hydrogens is 273 g/mol. The Morgan fingerprint density at radius 1 is 1.39 bits per heavy atom. The summed E-state index contributed by atoms with van der Waals surface area (Å²) in [4.78, 5) is 13.1. The highest BCUT2D eigenvalue weighted by Gasteiger charge is 2.13. The van der Waals surface area contributed by atoms with E-state index in [2.05, 4.69) is 5.32 Å². The van der Waals surface area contributed by atoms with E-state index in [9.17, 15) is 9.18 Å². The minimum absolute atomic E-state index is 0.00831. The summed E-state index contributed by atoms with van der Waals surface area (Å²) in [6.45, 7) is 3.87. The number of hydrogen-bond donors (Lipinski definition) is 1. The number of thiophene rings is 1. The van der Waals surface area contributed by atoms with E-state index in [4.69, 9.17) is 11.6 Å². The molecule has 0 saturated heterocycles. The maximum Gasteiger partial charge on any atom is 0.256 e. The molecule has 0 aliphatic carbocycles. The molecule has 18 heavy (non-hydrogen) atoms. The van der Waals surface area contributed by atoms with Gasteiger partial charge < -0.3 is 5.32 Å². The van der Waals surface area contributed by atoms with Crippen LogP contribution >= 0.6 is 22.9 Å². The Morgan fingerprint density at radius 2 is 2.11 bits per heavy atom. The Morgan fingerprint density at radius 3 is 2.67 bits per heavy atom. The lowest BCUT2D eigenvalue weighted by atomic mass is 10.1. The van der Waals surface area contributed by atoms with Crippen LogP contribution < -0.4 is 5.32 Å². The Kier molecular flexibility index (Phi) is 3.68. The molecule has 0 saturated carbocycles. The van der Waals surface area contributed by atoms with E-state index < -0.39 is 5.82 Å². The molecule has 2 nitrogen and oxygen atoms in total. The van der Waals surface area contributed by atoms with Crippen molar-refractivity contribution in [1.82, 2.24) is 0 Å². The third-order valence-electron chi connectivity index (χ3n) is 2.71. The van der Waals surface area contributed by atoms with Crippen LogP contribution in [0.1, 0.15) is 20.8 Å². The molecule has 1 heterocycles. The van der Waals surface area contributed by atoms with Crippen molar-refractivity contribution in [2.24, 2.45) is 0 Å². The van der Waals surface area contributed by atoms with E-state index in [1.165, 1.54) is 29.5 Å². The van der Waals surface area contributed by atoms with Crippen LogP contribution in [0.25, 0.3) is 0 Å². The fourth-order valence-electron chi connectivity index (χ4n) is 1.51. The maximum atomic E-state index is 13.0. The van der Waals surface area contributed by atoms with Crippen molar-refractivity contribution in [3.8, 4) is 0 Å². The molecule has 1 N–H and O–H groups in total. The predicted octanol–water partition coefficient (Wildman–Crippen LogP) is 4.41. The molecule has 0 aliphatic rings. The zero-order valence-corrected chi connectivity index (χ0v) is 11.5. The molecule has 94 valence electrons. The van der Waals surface area contributed by atoms with E-state index in [0.717, 1.165) is 10.4 Å². The summed E-state index contributed by atoms with van der Waals surface area (Å²) in [5, 5.41) is 4.50. The normalized spacial score (nSPS) is 10.4. The number of anilines is 1. The van der Waals surface area contributed by atoms with E-state index >= 15 is 0 Å². The third-order valence-corrected chi connectivity index (χ3v) is 4.01. The van der Waals surface area contributed by atoms with Gasteiger partial charge in [0.25, 0.3) is 5.91 Å². The summed E-state index contributed by atoms with van der Waals surface area (Å²) >= 11 is 7.18. The topological polar surface area (TPSA) is 29.1 Å². The number of carbonyl (C=O) groups is 1. The lowest BCUT2D eigenvalue weighted by Crippen LogP contribution is -2.12. The Bertz CT molecular complexity index is 609. The van der Waals surface area contributed by atoms with E-state index in [1.54, 1.807) is 0 Å². The molecule has 0 atom stereocenters. The second-order valence-corrected chi connectivity index (χ2v) is 5.40. The van der Waals surface area contributed by atoms with Crippen molar-refractivity contribution in [3.05, 3.63) is 50.4 Å². The molecule has 5 heteroatoms. The van der Waals surface area contributed by atoms with Crippen molar-refractivity contribution in [2.75, 3.05) is 5.32 Å². The SMILES string of the molecule is Cc1scc(C(=O)Nc2ccc(F)c(Cl)c2)c1C. The van der Waals surface area contributed by atoms with Gasteiger partial charge in [-0.3, -0.25) is 4.79 Å². The van der Waals surface area contributed by atoms with Crippen LogP contribution in [0.5, 0.6) is 0 Å². The van der Waals surface area contributed by atoms with Gasteiger partial charge in [0.15, 0.2) is 0 Å². The fourth-order valence-corrected chi connectivity index (χ4v) is 2.56. The molecule has 0 radical (unpaired) electrons. The van der Waals surface area contributed by atoms with Crippen LogP contribution in [0.4, 0.5) is 10.1 Å². The summed E-state index contributed by atoms with van der Waals surface area (Å²) in [5.74, 6) is -0.711. The second kappa shape index (κ2) is 5.08. The minimum Gasteiger partial charge on any atom is -0.322 e. The van der Waals surface area contributed by atoms with Gasteiger partial charge in [-0.25, -0.2) is 4.39 Å². The molecular formula is C13H11ClFNOS. The summed E-state index contributed by atoms with van der Waals surface area (Å²) in [6, 6.07) is 4.10. The van der Waals surface area contributed by atoms with Crippen LogP contribution in [-0.2, 0) is 0 Å². The van der Waals surface area contributed by atoms with Gasteiger partial charge in [-0.05, 0) is 37.6 Å². The van der Waals surface area contributed by atoms with Gasteiger partial charge in [-0.2, -0.15) is 0 Å². The smallest absolute Gasteiger partial charge is 0.256 e. The summed E-state index contributed by atoms with van der Waals surface area (Å²) in [5.41, 5.74) is 2.08. The third kappa shape index (κ3) is 2.54. The molecule has 0 bridgehead atoms. The first kappa shape index (κ1) is 13.1. The Hall–Kier alpha value is -1.39. The van der Waals surface area contributed by atoms with Gasteiger partial charge in [0.2, 0.25) is 0 Å². The molecule has 2 aromatic rings. The zero-order valence-electron chi connectivity index (χ0n) is 9.88. The lowest BCUT2D eigenvalue weighted by molar-refractivity contribution is 0.102. The van der Waals surface area contributed by atoms with Gasteiger partial charge in [-0.1, -0.05) is 11.6 Å². The minimum atomic E-state index is -0.503. The monoisotopic (exact) mass is 283 g/mol. The molecule has 0 fully saturated rings. The van der Waals surface area contributed by atoms with Crippen LogP contribution in [0, 0.1) is 19.7 Å². The largest absolute Gasteiger partial charge is 0.322 e. The fraction of sp³-hybridized carbons (Fsp3) is 0.154. The number of halogens is 2. The maximum absolute atomic E-state index is 13.0. The highest BCUT2D eigenvalue weighted by atomic mass is 35.5. The van der Waals surface area contributed by atoms with Crippen molar-refractivity contribution in [1.29, 1.82) is 0 Å². The Balaban J connectivity index is 2.21. The molecule has 1 aromatic heterocycles. The van der Waals surface area contributed by atoms with Gasteiger partial charge in [0.05, 0.1) is 10.6 Å². The standard InChI is InChI=1S/C13H11ClFNOS/c1-7-8(2)18-6-10(7)13(17)16-9-3-4-12(15)11(14)5-9/h3-6H,1-2H3,(H,16,17). The first-order valence-corrected chi connectivity index (χ1v) is 6.56.